The highest BCUT2D eigenvalue weighted by Crippen LogP contribution is 2.47. The van der Waals surface area contributed by atoms with E-state index >= 15 is 0 Å². The van der Waals surface area contributed by atoms with Crippen LogP contribution in [-0.2, 0) is 13.1 Å². The van der Waals surface area contributed by atoms with Crippen molar-refractivity contribution >= 4 is 16.7 Å². The fraction of sp³-hybridized carbons (Fsp3) is 0.240. The zero-order valence-electron chi connectivity index (χ0n) is 16.4. The largest absolute Gasteiger partial charge is 0.467 e. The first-order valence-electron chi connectivity index (χ1n) is 10.1. The molecule has 2 unspecified atom stereocenters. The summed E-state index contributed by atoms with van der Waals surface area (Å²) in [5.74, 6) is 3.76. The lowest BCUT2D eigenvalue weighted by molar-refractivity contribution is 0.0706. The van der Waals surface area contributed by atoms with Crippen molar-refractivity contribution in [1.82, 2.24) is 4.90 Å². The predicted octanol–water partition coefficient (Wildman–Crippen LogP) is 5.99. The van der Waals surface area contributed by atoms with Gasteiger partial charge in [0.1, 0.15) is 17.3 Å². The van der Waals surface area contributed by atoms with Crippen LogP contribution in [0, 0.1) is 5.92 Å². The summed E-state index contributed by atoms with van der Waals surface area (Å²) in [6.45, 7) is 3.04. The zero-order chi connectivity index (χ0) is 19.8. The summed E-state index contributed by atoms with van der Waals surface area (Å²) in [4.78, 5) is 15.3. The number of nitrogens with zero attached hydrogens (tertiary/aromatic N) is 1. The SMILES string of the molecule is CC1CC1c1ccc(CN(Cc2ccco2)C(=O)c2cccc3ccccc23)o1. The van der Waals surface area contributed by atoms with Crippen LogP contribution in [0.2, 0.25) is 0 Å². The van der Waals surface area contributed by atoms with Gasteiger partial charge in [0.15, 0.2) is 0 Å². The Morgan fingerprint density at radius 1 is 0.966 bits per heavy atom. The molecule has 2 heterocycles. The van der Waals surface area contributed by atoms with E-state index in [0.717, 1.165) is 28.1 Å². The van der Waals surface area contributed by atoms with Gasteiger partial charge in [-0.1, -0.05) is 43.3 Å². The van der Waals surface area contributed by atoms with Gasteiger partial charge in [-0.05, 0) is 53.4 Å². The average Bonchev–Trinajstić information content (AvgIpc) is 3.13. The van der Waals surface area contributed by atoms with Gasteiger partial charge in [-0.25, -0.2) is 0 Å². The molecule has 5 rings (SSSR count). The van der Waals surface area contributed by atoms with Crippen molar-refractivity contribution in [2.45, 2.75) is 32.4 Å². The first-order valence-corrected chi connectivity index (χ1v) is 10.1. The number of rotatable bonds is 6. The lowest BCUT2D eigenvalue weighted by atomic mass is 10.0. The highest BCUT2D eigenvalue weighted by atomic mass is 16.3. The van der Waals surface area contributed by atoms with Gasteiger partial charge in [-0.15, -0.1) is 0 Å². The van der Waals surface area contributed by atoms with E-state index in [-0.39, 0.29) is 5.91 Å². The molecule has 0 N–H and O–H groups in total. The van der Waals surface area contributed by atoms with Gasteiger partial charge >= 0.3 is 0 Å². The Labute approximate surface area is 169 Å². The molecular formula is C25H23NO3. The van der Waals surface area contributed by atoms with Crippen LogP contribution in [-0.4, -0.2) is 10.8 Å². The monoisotopic (exact) mass is 385 g/mol. The summed E-state index contributed by atoms with van der Waals surface area (Å²) in [5, 5.41) is 2.01. The molecule has 0 saturated heterocycles. The maximum absolute atomic E-state index is 13.5. The maximum atomic E-state index is 13.5. The summed E-state index contributed by atoms with van der Waals surface area (Å²) in [6.07, 6.45) is 2.81. The molecule has 1 amide bonds. The molecule has 0 aliphatic heterocycles. The van der Waals surface area contributed by atoms with Gasteiger partial charge in [-0.2, -0.15) is 0 Å². The molecule has 0 spiro atoms. The Morgan fingerprint density at radius 2 is 1.76 bits per heavy atom. The highest BCUT2D eigenvalue weighted by molar-refractivity contribution is 6.06. The van der Waals surface area contributed by atoms with E-state index in [4.69, 9.17) is 8.83 Å². The van der Waals surface area contributed by atoms with Gasteiger partial charge in [0.05, 0.1) is 19.4 Å². The van der Waals surface area contributed by atoms with Crippen LogP contribution < -0.4 is 0 Å². The second-order valence-corrected chi connectivity index (χ2v) is 7.89. The number of furan rings is 2. The molecule has 0 bridgehead atoms. The summed E-state index contributed by atoms with van der Waals surface area (Å²) in [6, 6.07) is 21.6. The number of benzene rings is 2. The maximum Gasteiger partial charge on any atom is 0.255 e. The van der Waals surface area contributed by atoms with E-state index in [1.807, 2.05) is 60.7 Å². The quantitative estimate of drug-likeness (QED) is 0.409. The molecule has 4 heteroatoms. The third-order valence-electron chi connectivity index (χ3n) is 5.74. The van der Waals surface area contributed by atoms with E-state index in [0.29, 0.717) is 30.5 Å². The average molecular weight is 385 g/mol. The standard InChI is InChI=1S/C25H23NO3/c1-17-14-23(17)24-12-11-20(29-24)16-26(15-19-8-5-13-28-19)25(27)22-10-4-7-18-6-2-3-9-21(18)22/h2-13,17,23H,14-16H2,1H3. The second kappa shape index (κ2) is 7.28. The summed E-state index contributed by atoms with van der Waals surface area (Å²) in [5.41, 5.74) is 0.692. The van der Waals surface area contributed by atoms with Crippen molar-refractivity contribution < 1.29 is 13.6 Å². The Morgan fingerprint density at radius 3 is 2.55 bits per heavy atom. The number of amides is 1. The third kappa shape index (κ3) is 3.58. The summed E-state index contributed by atoms with van der Waals surface area (Å²) in [7, 11) is 0. The van der Waals surface area contributed by atoms with Crippen LogP contribution in [0.15, 0.2) is 81.8 Å². The molecule has 1 fully saturated rings. The van der Waals surface area contributed by atoms with E-state index in [1.165, 1.54) is 6.42 Å². The van der Waals surface area contributed by atoms with E-state index in [9.17, 15) is 4.79 Å². The lowest BCUT2D eigenvalue weighted by Gasteiger charge is -2.21. The van der Waals surface area contributed by atoms with Gasteiger partial charge in [0.2, 0.25) is 0 Å². The molecule has 29 heavy (non-hydrogen) atoms. The number of hydrogen-bond acceptors (Lipinski definition) is 3. The predicted molar refractivity (Wildman–Crippen MR) is 111 cm³/mol. The van der Waals surface area contributed by atoms with Gasteiger partial charge in [0.25, 0.3) is 5.91 Å². The van der Waals surface area contributed by atoms with E-state index < -0.39 is 0 Å². The number of fused-ring (bicyclic) bond motifs is 1. The van der Waals surface area contributed by atoms with E-state index in [2.05, 4.69) is 13.0 Å². The molecule has 2 aromatic heterocycles. The van der Waals surface area contributed by atoms with Crippen LogP contribution in [0.4, 0.5) is 0 Å². The summed E-state index contributed by atoms with van der Waals surface area (Å²) < 4.78 is 11.6. The smallest absolute Gasteiger partial charge is 0.255 e. The molecule has 1 saturated carbocycles. The van der Waals surface area contributed by atoms with Crippen LogP contribution in [0.5, 0.6) is 0 Å². The molecule has 2 atom stereocenters. The first kappa shape index (κ1) is 17.8. The molecule has 4 aromatic rings. The molecule has 1 aliphatic carbocycles. The molecular weight excluding hydrogens is 362 g/mol. The first-order chi connectivity index (χ1) is 14.2. The van der Waals surface area contributed by atoms with Crippen molar-refractivity contribution in [3.8, 4) is 0 Å². The second-order valence-electron chi connectivity index (χ2n) is 7.89. The Bertz CT molecular complexity index is 1140. The van der Waals surface area contributed by atoms with Gasteiger partial charge in [-0.3, -0.25) is 4.79 Å². The topological polar surface area (TPSA) is 46.6 Å². The van der Waals surface area contributed by atoms with Crippen molar-refractivity contribution in [3.05, 3.63) is 95.8 Å². The Hall–Kier alpha value is -3.27. The van der Waals surface area contributed by atoms with Crippen LogP contribution in [0.25, 0.3) is 10.8 Å². The number of hydrogen-bond donors (Lipinski definition) is 0. The summed E-state index contributed by atoms with van der Waals surface area (Å²) >= 11 is 0. The zero-order valence-corrected chi connectivity index (χ0v) is 16.4. The Kier molecular flexibility index (Phi) is 4.47. The number of carbonyl (C=O) groups excluding carboxylic acids is 1. The van der Waals surface area contributed by atoms with Crippen molar-refractivity contribution in [2.24, 2.45) is 5.92 Å². The van der Waals surface area contributed by atoms with Crippen LogP contribution >= 0.6 is 0 Å². The molecule has 2 aromatic carbocycles. The van der Waals surface area contributed by atoms with Crippen LogP contribution in [0.3, 0.4) is 0 Å². The van der Waals surface area contributed by atoms with Crippen molar-refractivity contribution in [1.29, 1.82) is 0 Å². The van der Waals surface area contributed by atoms with E-state index in [1.54, 1.807) is 11.2 Å². The van der Waals surface area contributed by atoms with Gasteiger partial charge < -0.3 is 13.7 Å². The normalized spacial score (nSPS) is 18.1. The molecule has 146 valence electrons. The van der Waals surface area contributed by atoms with Crippen LogP contribution in [0.1, 0.15) is 46.9 Å². The Balaban J connectivity index is 1.46. The minimum Gasteiger partial charge on any atom is -0.467 e. The minimum atomic E-state index is -0.0315. The van der Waals surface area contributed by atoms with Gasteiger partial charge in [0, 0.05) is 11.5 Å². The lowest BCUT2D eigenvalue weighted by Crippen LogP contribution is -2.30. The molecule has 1 aliphatic rings. The minimum absolute atomic E-state index is 0.0315. The molecule has 0 radical (unpaired) electrons. The fourth-order valence-electron chi connectivity index (χ4n) is 3.96. The fourth-order valence-corrected chi connectivity index (χ4v) is 3.96. The molecule has 4 nitrogen and oxygen atoms in total. The van der Waals surface area contributed by atoms with Crippen molar-refractivity contribution in [3.63, 3.8) is 0 Å². The number of carbonyl (C=O) groups is 1. The highest BCUT2D eigenvalue weighted by Gasteiger charge is 2.36. The third-order valence-corrected chi connectivity index (χ3v) is 5.74. The van der Waals surface area contributed by atoms with Crippen molar-refractivity contribution in [2.75, 3.05) is 0 Å².